The number of nitrogens with zero attached hydrogens (tertiary/aromatic N) is 5. The summed E-state index contributed by atoms with van der Waals surface area (Å²) in [6.07, 6.45) is 12.3. The van der Waals surface area contributed by atoms with Crippen molar-refractivity contribution >= 4 is 33.0 Å². The van der Waals surface area contributed by atoms with E-state index in [2.05, 4.69) is 15.2 Å². The number of nitrogens with two attached hydrogens (primary N) is 1. The van der Waals surface area contributed by atoms with Gasteiger partial charge >= 0.3 is 0 Å². The Labute approximate surface area is 202 Å². The molecule has 34 heavy (non-hydrogen) atoms. The molecule has 2 aliphatic carbocycles. The van der Waals surface area contributed by atoms with E-state index in [0.717, 1.165) is 68.3 Å². The molecule has 1 saturated heterocycles. The van der Waals surface area contributed by atoms with Gasteiger partial charge in [-0.25, -0.2) is 17.7 Å². The number of imidazole rings is 1. The highest BCUT2D eigenvalue weighted by molar-refractivity contribution is 7.89. The van der Waals surface area contributed by atoms with Crippen LogP contribution in [0.5, 0.6) is 0 Å². The summed E-state index contributed by atoms with van der Waals surface area (Å²) >= 11 is 0. The van der Waals surface area contributed by atoms with Crippen LogP contribution < -0.4 is 16.4 Å². The fraction of sp³-hybridized carbons (Fsp3) is 0.783. The van der Waals surface area contributed by atoms with E-state index in [-0.39, 0.29) is 11.8 Å². The first-order valence-corrected chi connectivity index (χ1v) is 14.5. The SMILES string of the molecule is CCS(=O)(=O)N1CCC(Nc2nc(NC3CCC(N)CC3)nc3c2ncn3C2CCCC2)CC1. The fourth-order valence-corrected chi connectivity index (χ4v) is 6.76. The molecule has 5 rings (SSSR count). The van der Waals surface area contributed by atoms with Gasteiger partial charge in [0.05, 0.1) is 12.1 Å². The first-order chi connectivity index (χ1) is 16.4. The number of sulfonamides is 1. The van der Waals surface area contributed by atoms with E-state index in [9.17, 15) is 8.42 Å². The molecule has 0 unspecified atom stereocenters. The first kappa shape index (κ1) is 23.7. The molecule has 2 aromatic rings. The highest BCUT2D eigenvalue weighted by atomic mass is 32.2. The van der Waals surface area contributed by atoms with Crippen molar-refractivity contribution in [2.75, 3.05) is 29.5 Å². The minimum absolute atomic E-state index is 0.150. The van der Waals surface area contributed by atoms with Crippen LogP contribution in [0.15, 0.2) is 6.33 Å². The molecule has 3 heterocycles. The number of fused-ring (bicyclic) bond motifs is 1. The lowest BCUT2D eigenvalue weighted by Crippen LogP contribution is -2.43. The normalized spacial score (nSPS) is 25.7. The van der Waals surface area contributed by atoms with Gasteiger partial charge in [0.15, 0.2) is 17.0 Å². The molecule has 0 spiro atoms. The number of rotatable bonds is 7. The predicted molar refractivity (Wildman–Crippen MR) is 134 cm³/mol. The van der Waals surface area contributed by atoms with Crippen molar-refractivity contribution in [1.82, 2.24) is 23.8 Å². The standard InChI is InChI=1S/C23H38N8O2S/c1-2-34(32,33)30-13-11-18(12-14-30)26-21-20-22(31(15-25-20)19-5-3-4-6-19)29-23(28-21)27-17-9-7-16(24)8-10-17/h15-19H,2-14,24H2,1H3,(H2,26,27,28,29). The summed E-state index contributed by atoms with van der Waals surface area (Å²) < 4.78 is 28.3. The Balaban J connectivity index is 1.38. The van der Waals surface area contributed by atoms with Crippen LogP contribution in [0.3, 0.4) is 0 Å². The van der Waals surface area contributed by atoms with Gasteiger partial charge in [0, 0.05) is 37.3 Å². The van der Waals surface area contributed by atoms with Crippen LogP contribution in [0, 0.1) is 0 Å². The molecule has 0 amide bonds. The maximum absolute atomic E-state index is 12.2. The van der Waals surface area contributed by atoms with Crippen LogP contribution in [0.1, 0.15) is 77.2 Å². The van der Waals surface area contributed by atoms with Crippen molar-refractivity contribution < 1.29 is 8.42 Å². The van der Waals surface area contributed by atoms with Gasteiger partial charge in [-0.1, -0.05) is 12.8 Å². The Kier molecular flexibility index (Phi) is 6.95. The zero-order valence-corrected chi connectivity index (χ0v) is 20.9. The third kappa shape index (κ3) is 5.01. The van der Waals surface area contributed by atoms with Gasteiger partial charge in [0.2, 0.25) is 16.0 Å². The van der Waals surface area contributed by atoms with Gasteiger partial charge in [0.1, 0.15) is 0 Å². The van der Waals surface area contributed by atoms with Crippen molar-refractivity contribution in [2.24, 2.45) is 5.73 Å². The molecule has 188 valence electrons. The van der Waals surface area contributed by atoms with Crippen LogP contribution in [0.4, 0.5) is 11.8 Å². The molecule has 0 aromatic carbocycles. The van der Waals surface area contributed by atoms with Crippen LogP contribution in [-0.2, 0) is 10.0 Å². The van der Waals surface area contributed by atoms with Crippen molar-refractivity contribution in [3.05, 3.63) is 6.33 Å². The Hall–Kier alpha value is -1.98. The molecule has 10 nitrogen and oxygen atoms in total. The minimum Gasteiger partial charge on any atom is -0.365 e. The van der Waals surface area contributed by atoms with Crippen molar-refractivity contribution in [3.8, 4) is 0 Å². The van der Waals surface area contributed by atoms with Gasteiger partial charge in [-0.05, 0) is 58.3 Å². The summed E-state index contributed by atoms with van der Waals surface area (Å²) in [4.78, 5) is 14.5. The highest BCUT2D eigenvalue weighted by Gasteiger charge is 2.29. The third-order valence-electron chi connectivity index (χ3n) is 7.80. The third-order valence-corrected chi connectivity index (χ3v) is 9.68. The Morgan fingerprint density at radius 3 is 2.32 bits per heavy atom. The molecule has 1 aliphatic heterocycles. The second kappa shape index (κ2) is 9.94. The summed E-state index contributed by atoms with van der Waals surface area (Å²) in [5.74, 6) is 1.53. The smallest absolute Gasteiger partial charge is 0.227 e. The first-order valence-electron chi connectivity index (χ1n) is 12.9. The molecular formula is C23H38N8O2S. The number of hydrogen-bond acceptors (Lipinski definition) is 8. The predicted octanol–water partition coefficient (Wildman–Crippen LogP) is 2.85. The molecule has 4 N–H and O–H groups in total. The number of anilines is 2. The van der Waals surface area contributed by atoms with Crippen LogP contribution in [-0.4, -0.2) is 69.2 Å². The van der Waals surface area contributed by atoms with Gasteiger partial charge in [-0.2, -0.15) is 9.97 Å². The fourth-order valence-electron chi connectivity index (χ4n) is 5.63. The number of hydrogen-bond donors (Lipinski definition) is 3. The monoisotopic (exact) mass is 490 g/mol. The van der Waals surface area contributed by atoms with Crippen LogP contribution >= 0.6 is 0 Å². The maximum Gasteiger partial charge on any atom is 0.227 e. The van der Waals surface area contributed by atoms with E-state index < -0.39 is 10.0 Å². The molecule has 0 radical (unpaired) electrons. The van der Waals surface area contributed by atoms with E-state index in [1.807, 2.05) is 6.33 Å². The summed E-state index contributed by atoms with van der Waals surface area (Å²) in [6.45, 7) is 2.77. The average molecular weight is 491 g/mol. The highest BCUT2D eigenvalue weighted by Crippen LogP contribution is 2.34. The lowest BCUT2D eigenvalue weighted by Gasteiger charge is -2.31. The second-order valence-corrected chi connectivity index (χ2v) is 12.4. The van der Waals surface area contributed by atoms with E-state index in [1.165, 1.54) is 12.8 Å². The topological polar surface area (TPSA) is 131 Å². The van der Waals surface area contributed by atoms with Crippen molar-refractivity contribution in [3.63, 3.8) is 0 Å². The van der Waals surface area contributed by atoms with Crippen LogP contribution in [0.2, 0.25) is 0 Å². The largest absolute Gasteiger partial charge is 0.365 e. The molecule has 2 saturated carbocycles. The molecule has 3 aliphatic rings. The van der Waals surface area contributed by atoms with Crippen molar-refractivity contribution in [1.29, 1.82) is 0 Å². The summed E-state index contributed by atoms with van der Waals surface area (Å²) in [6, 6.07) is 1.22. The zero-order valence-electron chi connectivity index (χ0n) is 20.1. The molecule has 11 heteroatoms. The molecule has 2 aromatic heterocycles. The van der Waals surface area contributed by atoms with E-state index >= 15 is 0 Å². The van der Waals surface area contributed by atoms with Gasteiger partial charge in [0.25, 0.3) is 0 Å². The molecule has 3 fully saturated rings. The van der Waals surface area contributed by atoms with Gasteiger partial charge in [-0.15, -0.1) is 0 Å². The minimum atomic E-state index is -3.14. The Bertz CT molecular complexity index is 1080. The van der Waals surface area contributed by atoms with E-state index in [4.69, 9.17) is 20.7 Å². The summed E-state index contributed by atoms with van der Waals surface area (Å²) in [7, 11) is -3.14. The average Bonchev–Trinajstić information content (AvgIpc) is 3.51. The molecular weight excluding hydrogens is 452 g/mol. The van der Waals surface area contributed by atoms with Gasteiger partial charge in [-0.3, -0.25) is 0 Å². The second-order valence-electron chi connectivity index (χ2n) is 10.1. The summed E-state index contributed by atoms with van der Waals surface area (Å²) in [5.41, 5.74) is 7.77. The lowest BCUT2D eigenvalue weighted by molar-refractivity contribution is 0.330. The number of piperidine rings is 1. The maximum atomic E-state index is 12.2. The zero-order chi connectivity index (χ0) is 23.7. The lowest BCUT2D eigenvalue weighted by atomic mass is 9.92. The Morgan fingerprint density at radius 1 is 0.971 bits per heavy atom. The Morgan fingerprint density at radius 2 is 1.65 bits per heavy atom. The molecule has 0 atom stereocenters. The van der Waals surface area contributed by atoms with Gasteiger partial charge < -0.3 is 20.9 Å². The van der Waals surface area contributed by atoms with E-state index in [1.54, 1.807) is 11.2 Å². The quantitative estimate of drug-likeness (QED) is 0.540. The molecule has 0 bridgehead atoms. The number of nitrogens with one attached hydrogen (secondary N) is 2. The van der Waals surface area contributed by atoms with Crippen molar-refractivity contribution in [2.45, 2.75) is 95.3 Å². The van der Waals surface area contributed by atoms with E-state index in [0.29, 0.717) is 37.2 Å². The van der Waals surface area contributed by atoms with Crippen LogP contribution in [0.25, 0.3) is 11.2 Å². The number of aromatic nitrogens is 4. The summed E-state index contributed by atoms with van der Waals surface area (Å²) in [5, 5.41) is 7.16.